The van der Waals surface area contributed by atoms with Gasteiger partial charge in [0.25, 0.3) is 0 Å². The number of ether oxygens (including phenoxy) is 1. The van der Waals surface area contributed by atoms with Crippen molar-refractivity contribution in [1.29, 1.82) is 0 Å². The number of hydrogen-bond acceptors (Lipinski definition) is 5. The molecule has 4 heterocycles. The number of nitrogens with two attached hydrogens (primary N) is 1. The maximum absolute atomic E-state index is 11.9. The molecule has 2 fully saturated rings. The van der Waals surface area contributed by atoms with Crippen molar-refractivity contribution in [3.8, 4) is 17.0 Å². The molecule has 3 aromatic heterocycles. The molecular weight excluding hydrogens is 464 g/mol. The normalized spacial score (nSPS) is 22.9. The SMILES string of the molecule is COc1cc(-c2[nH]c3ccc(C4CCC(N5CCC[C@H]5C(N)=O)CC4)cc3c2C(C)C)cn2ncnc12. The van der Waals surface area contributed by atoms with Crippen molar-refractivity contribution in [2.24, 2.45) is 5.73 Å². The average Bonchev–Trinajstić information content (AvgIpc) is 3.65. The number of hydrogen-bond donors (Lipinski definition) is 2. The zero-order valence-electron chi connectivity index (χ0n) is 21.9. The number of amides is 1. The number of benzene rings is 1. The fraction of sp³-hybridized carbons (Fsp3) is 0.483. The van der Waals surface area contributed by atoms with Crippen LogP contribution in [0.15, 0.2) is 36.8 Å². The average molecular weight is 501 g/mol. The van der Waals surface area contributed by atoms with E-state index in [1.54, 1.807) is 18.0 Å². The van der Waals surface area contributed by atoms with Crippen molar-refractivity contribution in [2.45, 2.75) is 76.3 Å². The smallest absolute Gasteiger partial charge is 0.234 e. The summed E-state index contributed by atoms with van der Waals surface area (Å²) in [6, 6.07) is 9.39. The Balaban J connectivity index is 1.30. The lowest BCUT2D eigenvalue weighted by molar-refractivity contribution is -0.123. The van der Waals surface area contributed by atoms with Gasteiger partial charge in [0.15, 0.2) is 11.4 Å². The van der Waals surface area contributed by atoms with Gasteiger partial charge in [0.05, 0.1) is 18.8 Å². The first-order valence-corrected chi connectivity index (χ1v) is 13.5. The number of rotatable bonds is 6. The number of aromatic nitrogens is 4. The van der Waals surface area contributed by atoms with Crippen molar-refractivity contribution >= 4 is 22.5 Å². The predicted molar refractivity (Wildman–Crippen MR) is 145 cm³/mol. The number of likely N-dealkylation sites (tertiary alicyclic amines) is 1. The lowest BCUT2D eigenvalue weighted by Gasteiger charge is -2.37. The molecule has 194 valence electrons. The molecular formula is C29H36N6O2. The molecule has 2 aliphatic rings. The molecule has 1 saturated heterocycles. The second-order valence-electron chi connectivity index (χ2n) is 11.0. The van der Waals surface area contributed by atoms with Crippen LogP contribution in [0, 0.1) is 0 Å². The Bertz CT molecular complexity index is 1450. The molecule has 1 aliphatic carbocycles. The maximum atomic E-state index is 11.9. The van der Waals surface area contributed by atoms with Crippen LogP contribution in [0.1, 0.15) is 75.3 Å². The number of nitrogens with one attached hydrogen (secondary N) is 1. The largest absolute Gasteiger partial charge is 0.493 e. The highest BCUT2D eigenvalue weighted by atomic mass is 16.5. The lowest BCUT2D eigenvalue weighted by atomic mass is 9.80. The van der Waals surface area contributed by atoms with Gasteiger partial charge in [-0.2, -0.15) is 5.10 Å². The first-order chi connectivity index (χ1) is 17.9. The Hall–Kier alpha value is -3.39. The molecule has 1 aliphatic heterocycles. The molecule has 4 aromatic rings. The van der Waals surface area contributed by atoms with Crippen molar-refractivity contribution in [3.63, 3.8) is 0 Å². The Morgan fingerprint density at radius 1 is 1.16 bits per heavy atom. The summed E-state index contributed by atoms with van der Waals surface area (Å²) in [6.45, 7) is 5.50. The first kappa shape index (κ1) is 24.0. The van der Waals surface area contributed by atoms with Gasteiger partial charge in [0.1, 0.15) is 6.33 Å². The molecule has 0 radical (unpaired) electrons. The van der Waals surface area contributed by atoms with Gasteiger partial charge in [0, 0.05) is 28.7 Å². The van der Waals surface area contributed by atoms with E-state index >= 15 is 0 Å². The van der Waals surface area contributed by atoms with Gasteiger partial charge in [-0.1, -0.05) is 19.9 Å². The number of primary amides is 1. The van der Waals surface area contributed by atoms with Crippen molar-refractivity contribution < 1.29 is 9.53 Å². The zero-order valence-corrected chi connectivity index (χ0v) is 21.9. The van der Waals surface area contributed by atoms with E-state index in [0.29, 0.717) is 29.3 Å². The highest BCUT2D eigenvalue weighted by molar-refractivity contribution is 5.92. The summed E-state index contributed by atoms with van der Waals surface area (Å²) in [5.41, 5.74) is 12.4. The maximum Gasteiger partial charge on any atom is 0.234 e. The number of carbonyl (C=O) groups excluding carboxylic acids is 1. The summed E-state index contributed by atoms with van der Waals surface area (Å²) in [5.74, 6) is 1.43. The van der Waals surface area contributed by atoms with Crippen LogP contribution in [-0.2, 0) is 4.79 Å². The van der Waals surface area contributed by atoms with Crippen molar-refractivity contribution in [1.82, 2.24) is 24.5 Å². The van der Waals surface area contributed by atoms with Crippen LogP contribution >= 0.6 is 0 Å². The summed E-state index contributed by atoms with van der Waals surface area (Å²) in [5, 5.41) is 5.64. The van der Waals surface area contributed by atoms with Crippen LogP contribution in [0.25, 0.3) is 27.8 Å². The molecule has 1 aromatic carbocycles. The van der Waals surface area contributed by atoms with E-state index < -0.39 is 0 Å². The minimum atomic E-state index is -0.157. The third kappa shape index (κ3) is 4.17. The number of H-pyrrole nitrogens is 1. The molecule has 8 nitrogen and oxygen atoms in total. The molecule has 37 heavy (non-hydrogen) atoms. The molecule has 6 rings (SSSR count). The van der Waals surface area contributed by atoms with E-state index in [9.17, 15) is 4.79 Å². The predicted octanol–water partition coefficient (Wildman–Crippen LogP) is 4.99. The van der Waals surface area contributed by atoms with Gasteiger partial charge >= 0.3 is 0 Å². The number of methoxy groups -OCH3 is 1. The third-order valence-electron chi connectivity index (χ3n) is 8.55. The van der Waals surface area contributed by atoms with Gasteiger partial charge in [-0.3, -0.25) is 9.69 Å². The fourth-order valence-electron chi connectivity index (χ4n) is 6.77. The number of carbonyl (C=O) groups is 1. The summed E-state index contributed by atoms with van der Waals surface area (Å²) in [7, 11) is 1.67. The van der Waals surface area contributed by atoms with Crippen LogP contribution in [0.3, 0.4) is 0 Å². The van der Waals surface area contributed by atoms with Gasteiger partial charge in [0.2, 0.25) is 5.91 Å². The highest BCUT2D eigenvalue weighted by Crippen LogP contribution is 2.41. The van der Waals surface area contributed by atoms with E-state index in [1.165, 1.54) is 16.5 Å². The van der Waals surface area contributed by atoms with Gasteiger partial charge in [-0.25, -0.2) is 9.50 Å². The third-order valence-corrected chi connectivity index (χ3v) is 8.55. The molecule has 0 unspecified atom stereocenters. The number of fused-ring (bicyclic) bond motifs is 2. The van der Waals surface area contributed by atoms with E-state index in [0.717, 1.165) is 61.8 Å². The van der Waals surface area contributed by atoms with Crippen LogP contribution in [0.5, 0.6) is 5.75 Å². The Labute approximate surface area is 217 Å². The lowest BCUT2D eigenvalue weighted by Crippen LogP contribution is -2.47. The molecule has 0 bridgehead atoms. The number of pyridine rings is 1. The Morgan fingerprint density at radius 3 is 2.70 bits per heavy atom. The summed E-state index contributed by atoms with van der Waals surface area (Å²) in [6.07, 6.45) is 10.1. The van der Waals surface area contributed by atoms with Crippen LogP contribution < -0.4 is 10.5 Å². The van der Waals surface area contributed by atoms with Crippen molar-refractivity contribution in [3.05, 3.63) is 47.9 Å². The van der Waals surface area contributed by atoms with Gasteiger partial charge in [-0.15, -0.1) is 0 Å². The number of aromatic amines is 1. The van der Waals surface area contributed by atoms with Crippen LogP contribution in [0.2, 0.25) is 0 Å². The van der Waals surface area contributed by atoms with Crippen LogP contribution in [-0.4, -0.2) is 56.1 Å². The quantitative estimate of drug-likeness (QED) is 0.389. The Morgan fingerprint density at radius 2 is 1.97 bits per heavy atom. The summed E-state index contributed by atoms with van der Waals surface area (Å²) >= 11 is 0. The molecule has 1 atom stereocenters. The van der Waals surface area contributed by atoms with E-state index in [2.05, 4.69) is 52.0 Å². The van der Waals surface area contributed by atoms with Gasteiger partial charge in [-0.05, 0) is 86.2 Å². The monoisotopic (exact) mass is 500 g/mol. The second-order valence-corrected chi connectivity index (χ2v) is 11.0. The number of nitrogens with zero attached hydrogens (tertiary/aromatic N) is 4. The summed E-state index contributed by atoms with van der Waals surface area (Å²) in [4.78, 5) is 22.3. The van der Waals surface area contributed by atoms with Crippen LogP contribution in [0.4, 0.5) is 0 Å². The fourth-order valence-corrected chi connectivity index (χ4v) is 6.77. The minimum Gasteiger partial charge on any atom is -0.493 e. The van der Waals surface area contributed by atoms with E-state index in [-0.39, 0.29) is 11.9 Å². The zero-order chi connectivity index (χ0) is 25.7. The van der Waals surface area contributed by atoms with E-state index in [1.807, 2.05) is 12.3 Å². The molecule has 1 saturated carbocycles. The first-order valence-electron chi connectivity index (χ1n) is 13.5. The highest BCUT2D eigenvalue weighted by Gasteiger charge is 2.36. The topological polar surface area (TPSA) is 102 Å². The van der Waals surface area contributed by atoms with Gasteiger partial charge < -0.3 is 15.5 Å². The minimum absolute atomic E-state index is 0.0693. The molecule has 3 N–H and O–H groups in total. The molecule has 0 spiro atoms. The summed E-state index contributed by atoms with van der Waals surface area (Å²) < 4.78 is 7.39. The standard InChI is InChI=1S/C29H36N6O2/c1-17(2)26-22-13-19(18-6-9-21(10-7-18)34-12-4-5-24(34)28(30)36)8-11-23(22)33-27(26)20-14-25(37-3)29-31-16-32-35(29)15-20/h8,11,13-18,21,24,33H,4-7,9-10,12H2,1-3H3,(H2,30,36)/t18?,21?,24-/m0/s1. The van der Waals surface area contributed by atoms with E-state index in [4.69, 9.17) is 10.5 Å². The van der Waals surface area contributed by atoms with Crippen molar-refractivity contribution in [2.75, 3.05) is 13.7 Å². The second kappa shape index (κ2) is 9.49. The molecule has 1 amide bonds. The Kier molecular flexibility index (Phi) is 6.15. The molecule has 8 heteroatoms.